The van der Waals surface area contributed by atoms with Gasteiger partial charge in [-0.1, -0.05) is 18.2 Å². The van der Waals surface area contributed by atoms with E-state index >= 15 is 0 Å². The van der Waals surface area contributed by atoms with Crippen LogP contribution in [-0.2, 0) is 9.47 Å². The number of fused-ring (bicyclic) bond motifs is 1. The summed E-state index contributed by atoms with van der Waals surface area (Å²) in [6.45, 7) is 2.23. The molecule has 0 saturated heterocycles. The molecule has 2 rings (SSSR count). The minimum absolute atomic E-state index is 0.495. The molecule has 0 atom stereocenters. The van der Waals surface area contributed by atoms with Gasteiger partial charge in [0.2, 0.25) is 5.88 Å². The average Bonchev–Trinajstić information content (AvgIpc) is 2.42. The van der Waals surface area contributed by atoms with Crippen LogP contribution in [0.15, 0.2) is 36.4 Å². The summed E-state index contributed by atoms with van der Waals surface area (Å²) in [6, 6.07) is 11.8. The Kier molecular flexibility index (Phi) is 4.93. The SMILES string of the molecule is COCCOCCOc1ccc2ccccc2n1. The molecule has 4 nitrogen and oxygen atoms in total. The van der Waals surface area contributed by atoms with Gasteiger partial charge >= 0.3 is 0 Å². The van der Waals surface area contributed by atoms with E-state index in [1.54, 1.807) is 7.11 Å². The molecular weight excluding hydrogens is 230 g/mol. The maximum absolute atomic E-state index is 5.52. The predicted molar refractivity (Wildman–Crippen MR) is 69.9 cm³/mol. The quantitative estimate of drug-likeness (QED) is 0.704. The van der Waals surface area contributed by atoms with Crippen LogP contribution in [0.3, 0.4) is 0 Å². The van der Waals surface area contributed by atoms with Gasteiger partial charge in [-0.05, 0) is 12.1 Å². The highest BCUT2D eigenvalue weighted by Crippen LogP contribution is 2.15. The molecule has 2 aromatic rings. The lowest BCUT2D eigenvalue weighted by atomic mass is 10.2. The van der Waals surface area contributed by atoms with Gasteiger partial charge in [-0.15, -0.1) is 0 Å². The number of hydrogen-bond donors (Lipinski definition) is 0. The third-order valence-electron chi connectivity index (χ3n) is 2.48. The third kappa shape index (κ3) is 3.68. The molecule has 0 radical (unpaired) electrons. The van der Waals surface area contributed by atoms with Crippen LogP contribution in [0.1, 0.15) is 0 Å². The Morgan fingerprint density at radius 1 is 0.944 bits per heavy atom. The molecule has 0 bridgehead atoms. The normalized spacial score (nSPS) is 10.7. The van der Waals surface area contributed by atoms with Gasteiger partial charge in [0.05, 0.1) is 25.3 Å². The fraction of sp³-hybridized carbons (Fsp3) is 0.357. The predicted octanol–water partition coefficient (Wildman–Crippen LogP) is 2.28. The van der Waals surface area contributed by atoms with Crippen LogP contribution in [0.25, 0.3) is 10.9 Å². The maximum Gasteiger partial charge on any atom is 0.213 e. The minimum atomic E-state index is 0.495. The van der Waals surface area contributed by atoms with Crippen LogP contribution < -0.4 is 4.74 Å². The Hall–Kier alpha value is -1.65. The van der Waals surface area contributed by atoms with E-state index < -0.39 is 0 Å². The molecule has 4 heteroatoms. The van der Waals surface area contributed by atoms with E-state index in [1.165, 1.54) is 0 Å². The largest absolute Gasteiger partial charge is 0.475 e. The number of nitrogens with zero attached hydrogens (tertiary/aromatic N) is 1. The van der Waals surface area contributed by atoms with Crippen LogP contribution in [0.4, 0.5) is 0 Å². The zero-order chi connectivity index (χ0) is 12.6. The van der Waals surface area contributed by atoms with E-state index in [0.29, 0.717) is 32.3 Å². The molecule has 0 fully saturated rings. The molecule has 0 spiro atoms. The second-order valence-electron chi connectivity index (χ2n) is 3.80. The van der Waals surface area contributed by atoms with Gasteiger partial charge in [0, 0.05) is 18.6 Å². The van der Waals surface area contributed by atoms with E-state index in [-0.39, 0.29) is 0 Å². The van der Waals surface area contributed by atoms with E-state index in [1.807, 2.05) is 36.4 Å². The van der Waals surface area contributed by atoms with Crippen molar-refractivity contribution in [3.63, 3.8) is 0 Å². The summed E-state index contributed by atoms with van der Waals surface area (Å²) in [6.07, 6.45) is 0. The van der Waals surface area contributed by atoms with Crippen molar-refractivity contribution in [2.45, 2.75) is 0 Å². The monoisotopic (exact) mass is 247 g/mol. The Labute approximate surface area is 106 Å². The standard InChI is InChI=1S/C14H17NO3/c1-16-8-9-17-10-11-18-14-7-6-12-4-2-3-5-13(12)15-14/h2-7H,8-11H2,1H3. The van der Waals surface area contributed by atoms with Crippen molar-refractivity contribution in [3.8, 4) is 5.88 Å². The second-order valence-corrected chi connectivity index (χ2v) is 3.80. The number of benzene rings is 1. The number of pyridine rings is 1. The van der Waals surface area contributed by atoms with Crippen LogP contribution in [0, 0.1) is 0 Å². The molecule has 0 saturated carbocycles. The fourth-order valence-corrected chi connectivity index (χ4v) is 1.58. The number of rotatable bonds is 7. The molecule has 18 heavy (non-hydrogen) atoms. The van der Waals surface area contributed by atoms with Crippen molar-refractivity contribution >= 4 is 10.9 Å². The number of aromatic nitrogens is 1. The van der Waals surface area contributed by atoms with Gasteiger partial charge in [0.25, 0.3) is 0 Å². The summed E-state index contributed by atoms with van der Waals surface area (Å²) in [5.41, 5.74) is 0.940. The van der Waals surface area contributed by atoms with E-state index in [9.17, 15) is 0 Å². The van der Waals surface area contributed by atoms with Crippen molar-refractivity contribution in [1.29, 1.82) is 0 Å². The van der Waals surface area contributed by atoms with Gasteiger partial charge in [-0.25, -0.2) is 4.98 Å². The van der Waals surface area contributed by atoms with Crippen molar-refractivity contribution in [2.75, 3.05) is 33.5 Å². The van der Waals surface area contributed by atoms with E-state index in [4.69, 9.17) is 14.2 Å². The lowest BCUT2D eigenvalue weighted by Gasteiger charge is -2.06. The van der Waals surface area contributed by atoms with Crippen molar-refractivity contribution in [1.82, 2.24) is 4.98 Å². The first-order chi connectivity index (χ1) is 8.90. The first kappa shape index (κ1) is 12.8. The minimum Gasteiger partial charge on any atom is -0.475 e. The summed E-state index contributed by atoms with van der Waals surface area (Å²) in [5, 5.41) is 1.11. The molecule has 1 aromatic carbocycles. The van der Waals surface area contributed by atoms with Crippen molar-refractivity contribution < 1.29 is 14.2 Å². The molecule has 0 amide bonds. The number of methoxy groups -OCH3 is 1. The number of ether oxygens (including phenoxy) is 3. The highest BCUT2D eigenvalue weighted by Gasteiger charge is 1.98. The molecular formula is C14H17NO3. The summed E-state index contributed by atoms with van der Waals surface area (Å²) >= 11 is 0. The Morgan fingerprint density at radius 2 is 1.78 bits per heavy atom. The lowest BCUT2D eigenvalue weighted by molar-refractivity contribution is 0.0537. The second kappa shape index (κ2) is 6.93. The summed E-state index contributed by atoms with van der Waals surface area (Å²) in [7, 11) is 1.65. The van der Waals surface area contributed by atoms with Crippen molar-refractivity contribution in [3.05, 3.63) is 36.4 Å². The van der Waals surface area contributed by atoms with E-state index in [0.717, 1.165) is 10.9 Å². The van der Waals surface area contributed by atoms with Crippen LogP contribution in [0.2, 0.25) is 0 Å². The molecule has 0 aliphatic carbocycles. The van der Waals surface area contributed by atoms with Gasteiger partial charge < -0.3 is 14.2 Å². The molecule has 0 N–H and O–H groups in total. The summed E-state index contributed by atoms with van der Waals surface area (Å²) < 4.78 is 15.7. The third-order valence-corrected chi connectivity index (χ3v) is 2.48. The zero-order valence-corrected chi connectivity index (χ0v) is 10.5. The van der Waals surface area contributed by atoms with E-state index in [2.05, 4.69) is 4.98 Å². The number of hydrogen-bond acceptors (Lipinski definition) is 4. The average molecular weight is 247 g/mol. The Morgan fingerprint density at radius 3 is 2.67 bits per heavy atom. The lowest BCUT2D eigenvalue weighted by Crippen LogP contribution is -2.10. The van der Waals surface area contributed by atoms with Crippen molar-refractivity contribution in [2.24, 2.45) is 0 Å². The fourth-order valence-electron chi connectivity index (χ4n) is 1.58. The molecule has 96 valence electrons. The zero-order valence-electron chi connectivity index (χ0n) is 10.5. The van der Waals surface area contributed by atoms with Crippen LogP contribution in [-0.4, -0.2) is 38.5 Å². The molecule has 1 aromatic heterocycles. The van der Waals surface area contributed by atoms with Crippen LogP contribution >= 0.6 is 0 Å². The summed E-state index contributed by atoms with van der Waals surface area (Å²) in [5.74, 6) is 0.629. The maximum atomic E-state index is 5.52. The van der Waals surface area contributed by atoms with Gasteiger partial charge in [-0.2, -0.15) is 0 Å². The molecule has 0 aliphatic heterocycles. The highest BCUT2D eigenvalue weighted by atomic mass is 16.5. The first-order valence-corrected chi connectivity index (χ1v) is 5.95. The molecule has 0 aliphatic rings. The van der Waals surface area contributed by atoms with Gasteiger partial charge in [-0.3, -0.25) is 0 Å². The van der Waals surface area contributed by atoms with Crippen LogP contribution in [0.5, 0.6) is 5.88 Å². The number of para-hydroxylation sites is 1. The van der Waals surface area contributed by atoms with Gasteiger partial charge in [0.15, 0.2) is 0 Å². The Bertz CT molecular complexity index is 487. The molecule has 0 unspecified atom stereocenters. The van der Waals surface area contributed by atoms with Gasteiger partial charge in [0.1, 0.15) is 6.61 Å². The smallest absolute Gasteiger partial charge is 0.213 e. The highest BCUT2D eigenvalue weighted by molar-refractivity contribution is 5.78. The Balaban J connectivity index is 1.81. The molecule has 1 heterocycles. The summed E-state index contributed by atoms with van der Waals surface area (Å²) in [4.78, 5) is 4.41. The topological polar surface area (TPSA) is 40.6 Å². The first-order valence-electron chi connectivity index (χ1n) is 5.95.